The van der Waals surface area contributed by atoms with E-state index < -0.39 is 0 Å². The van der Waals surface area contributed by atoms with Gasteiger partial charge in [0.05, 0.1) is 11.9 Å². The Balaban J connectivity index is 1.39. The summed E-state index contributed by atoms with van der Waals surface area (Å²) in [5, 5.41) is 0.760. The number of fused-ring (bicyclic) bond motifs is 1. The smallest absolute Gasteiger partial charge is 0.128 e. The second-order valence-electron chi connectivity index (χ2n) is 7.96. The van der Waals surface area contributed by atoms with E-state index in [1.165, 1.54) is 22.4 Å². The maximum atomic E-state index is 6.04. The Labute approximate surface area is 183 Å². The Bertz CT molecular complexity index is 1050. The molecule has 2 aliphatic rings. The number of nitrogens with zero attached hydrogens (tertiary/aromatic N) is 4. The molecule has 0 saturated carbocycles. The van der Waals surface area contributed by atoms with Crippen LogP contribution in [0.25, 0.3) is 17.2 Å². The first-order chi connectivity index (χ1) is 14.7. The summed E-state index contributed by atoms with van der Waals surface area (Å²) in [6.45, 7) is 5.09. The predicted molar refractivity (Wildman–Crippen MR) is 127 cm³/mol. The van der Waals surface area contributed by atoms with Gasteiger partial charge in [0.1, 0.15) is 5.82 Å². The number of rotatable bonds is 3. The van der Waals surface area contributed by atoms with Crippen LogP contribution < -0.4 is 9.80 Å². The van der Waals surface area contributed by atoms with Gasteiger partial charge in [-0.05, 0) is 60.1 Å². The largest absolute Gasteiger partial charge is 0.354 e. The molecule has 0 N–H and O–H groups in total. The molecule has 2 aromatic carbocycles. The van der Waals surface area contributed by atoms with Crippen molar-refractivity contribution >= 4 is 34.9 Å². The summed E-state index contributed by atoms with van der Waals surface area (Å²) in [7, 11) is 2.17. The molecule has 3 heterocycles. The van der Waals surface area contributed by atoms with Gasteiger partial charge >= 0.3 is 0 Å². The molecule has 1 aromatic heterocycles. The van der Waals surface area contributed by atoms with Gasteiger partial charge in [-0.25, -0.2) is 4.98 Å². The summed E-state index contributed by atoms with van der Waals surface area (Å²) < 4.78 is 0. The molecule has 0 atom stereocenters. The quantitative estimate of drug-likeness (QED) is 0.576. The molecule has 1 saturated heterocycles. The molecule has 0 spiro atoms. The van der Waals surface area contributed by atoms with Crippen LogP contribution in [0.15, 0.2) is 66.9 Å². The highest BCUT2D eigenvalue weighted by Gasteiger charge is 2.18. The fourth-order valence-corrected chi connectivity index (χ4v) is 4.27. The van der Waals surface area contributed by atoms with E-state index in [2.05, 4.69) is 76.4 Å². The van der Waals surface area contributed by atoms with E-state index in [9.17, 15) is 0 Å². The highest BCUT2D eigenvalue weighted by Crippen LogP contribution is 2.35. The summed E-state index contributed by atoms with van der Waals surface area (Å²) in [5.41, 5.74) is 5.92. The number of anilines is 3. The van der Waals surface area contributed by atoms with Crippen LogP contribution in [0.3, 0.4) is 0 Å². The third kappa shape index (κ3) is 3.81. The number of hydrogen-bond acceptors (Lipinski definition) is 4. The van der Waals surface area contributed by atoms with E-state index in [0.29, 0.717) is 0 Å². The average molecular weight is 417 g/mol. The van der Waals surface area contributed by atoms with E-state index in [0.717, 1.165) is 49.3 Å². The fourth-order valence-electron chi connectivity index (χ4n) is 4.14. The maximum absolute atomic E-state index is 6.04. The molecule has 152 valence electrons. The Morgan fingerprint density at radius 3 is 2.37 bits per heavy atom. The van der Waals surface area contributed by atoms with E-state index in [4.69, 9.17) is 16.6 Å². The summed E-state index contributed by atoms with van der Waals surface area (Å²) >= 11 is 6.04. The minimum atomic E-state index is 0.760. The zero-order chi connectivity index (χ0) is 20.5. The highest BCUT2D eigenvalue weighted by atomic mass is 35.5. The van der Waals surface area contributed by atoms with Gasteiger partial charge in [-0.3, -0.25) is 0 Å². The SMILES string of the molecule is CN1CCN(c2ccc(N3CC=Cc4cc(-c5ccc(Cl)cc5)ccc43)cn2)CC1. The van der Waals surface area contributed by atoms with Crippen molar-refractivity contribution in [2.45, 2.75) is 0 Å². The Morgan fingerprint density at radius 1 is 0.867 bits per heavy atom. The summed E-state index contributed by atoms with van der Waals surface area (Å²) in [4.78, 5) is 11.8. The average Bonchev–Trinajstić information content (AvgIpc) is 2.79. The second kappa shape index (κ2) is 8.13. The van der Waals surface area contributed by atoms with E-state index in [-0.39, 0.29) is 0 Å². The van der Waals surface area contributed by atoms with Crippen LogP contribution in [-0.4, -0.2) is 49.7 Å². The number of piperazine rings is 1. The first kappa shape index (κ1) is 19.2. The van der Waals surface area contributed by atoms with Gasteiger partial charge < -0.3 is 14.7 Å². The van der Waals surface area contributed by atoms with Gasteiger partial charge in [0.15, 0.2) is 0 Å². The van der Waals surface area contributed by atoms with Crippen LogP contribution in [0.2, 0.25) is 5.02 Å². The van der Waals surface area contributed by atoms with E-state index >= 15 is 0 Å². The molecular weight excluding hydrogens is 392 g/mol. The molecule has 1 fully saturated rings. The number of pyridine rings is 1. The lowest BCUT2D eigenvalue weighted by atomic mass is 9.99. The maximum Gasteiger partial charge on any atom is 0.128 e. The van der Waals surface area contributed by atoms with Crippen LogP contribution in [0, 0.1) is 0 Å². The van der Waals surface area contributed by atoms with Gasteiger partial charge in [0.2, 0.25) is 0 Å². The van der Waals surface area contributed by atoms with Gasteiger partial charge in [-0.1, -0.05) is 42.0 Å². The van der Waals surface area contributed by atoms with Gasteiger partial charge in [0, 0.05) is 43.4 Å². The Morgan fingerprint density at radius 2 is 1.63 bits per heavy atom. The molecular formula is C25H25ClN4. The lowest BCUT2D eigenvalue weighted by molar-refractivity contribution is 0.312. The van der Waals surface area contributed by atoms with E-state index in [1.54, 1.807) is 0 Å². The molecule has 0 radical (unpaired) electrons. The second-order valence-corrected chi connectivity index (χ2v) is 8.39. The summed E-state index contributed by atoms with van der Waals surface area (Å²) in [6.07, 6.45) is 6.42. The number of hydrogen-bond donors (Lipinski definition) is 0. The first-order valence-electron chi connectivity index (χ1n) is 10.4. The van der Waals surface area contributed by atoms with Crippen molar-refractivity contribution in [2.24, 2.45) is 0 Å². The molecule has 5 heteroatoms. The number of likely N-dealkylation sites (N-methyl/N-ethyl adjacent to an activating group) is 1. The number of aromatic nitrogens is 1. The van der Waals surface area contributed by atoms with Gasteiger partial charge in [-0.2, -0.15) is 0 Å². The first-order valence-corrected chi connectivity index (χ1v) is 10.8. The zero-order valence-corrected chi connectivity index (χ0v) is 17.9. The normalized spacial score (nSPS) is 16.6. The molecule has 0 unspecified atom stereocenters. The van der Waals surface area contributed by atoms with Gasteiger partial charge in [-0.15, -0.1) is 0 Å². The standard InChI is InChI=1S/C25H25ClN4/c1-28-13-15-29(16-14-28)25-11-9-23(18-27-25)30-12-2-3-21-17-20(6-10-24(21)30)19-4-7-22(26)8-5-19/h2-11,17-18H,12-16H2,1H3. The molecule has 30 heavy (non-hydrogen) atoms. The minimum Gasteiger partial charge on any atom is -0.354 e. The molecule has 0 bridgehead atoms. The Hall–Kier alpha value is -2.82. The van der Waals surface area contributed by atoms with Crippen LogP contribution in [0.1, 0.15) is 5.56 Å². The molecule has 5 rings (SSSR count). The summed E-state index contributed by atoms with van der Waals surface area (Å²) in [5.74, 6) is 1.07. The molecule has 3 aromatic rings. The van der Waals surface area contributed by atoms with Crippen molar-refractivity contribution in [1.82, 2.24) is 9.88 Å². The van der Waals surface area contributed by atoms with Crippen LogP contribution >= 0.6 is 11.6 Å². The van der Waals surface area contributed by atoms with Crippen molar-refractivity contribution in [3.05, 3.63) is 77.5 Å². The number of benzene rings is 2. The predicted octanol–water partition coefficient (Wildman–Crippen LogP) is 5.32. The summed E-state index contributed by atoms with van der Waals surface area (Å²) in [6, 6.07) is 19.0. The van der Waals surface area contributed by atoms with Crippen LogP contribution in [0.4, 0.5) is 17.2 Å². The van der Waals surface area contributed by atoms with Crippen molar-refractivity contribution in [3.8, 4) is 11.1 Å². The van der Waals surface area contributed by atoms with E-state index in [1.807, 2.05) is 18.3 Å². The van der Waals surface area contributed by atoms with Gasteiger partial charge in [0.25, 0.3) is 0 Å². The molecule has 0 amide bonds. The molecule has 2 aliphatic heterocycles. The zero-order valence-electron chi connectivity index (χ0n) is 17.1. The lowest BCUT2D eigenvalue weighted by Crippen LogP contribution is -2.44. The Kier molecular flexibility index (Phi) is 5.19. The van der Waals surface area contributed by atoms with Crippen LogP contribution in [-0.2, 0) is 0 Å². The third-order valence-electron chi connectivity index (χ3n) is 5.95. The van der Waals surface area contributed by atoms with Crippen molar-refractivity contribution < 1.29 is 0 Å². The third-order valence-corrected chi connectivity index (χ3v) is 6.20. The van der Waals surface area contributed by atoms with Crippen molar-refractivity contribution in [1.29, 1.82) is 0 Å². The van der Waals surface area contributed by atoms with Crippen molar-refractivity contribution in [2.75, 3.05) is 49.6 Å². The number of halogens is 1. The van der Waals surface area contributed by atoms with Crippen molar-refractivity contribution in [3.63, 3.8) is 0 Å². The minimum absolute atomic E-state index is 0.760. The molecule has 0 aliphatic carbocycles. The fraction of sp³-hybridized carbons (Fsp3) is 0.240. The monoisotopic (exact) mass is 416 g/mol. The lowest BCUT2D eigenvalue weighted by Gasteiger charge is -2.33. The van der Waals surface area contributed by atoms with Crippen LogP contribution in [0.5, 0.6) is 0 Å². The molecule has 4 nitrogen and oxygen atoms in total. The topological polar surface area (TPSA) is 22.6 Å². The highest BCUT2D eigenvalue weighted by molar-refractivity contribution is 6.30.